The van der Waals surface area contributed by atoms with Crippen molar-refractivity contribution in [2.75, 3.05) is 0 Å². The van der Waals surface area contributed by atoms with Crippen molar-refractivity contribution < 1.29 is 14.7 Å². The molecule has 0 radical (unpaired) electrons. The van der Waals surface area contributed by atoms with E-state index in [0.29, 0.717) is 0 Å². The second-order valence-corrected chi connectivity index (χ2v) is 2.44. The molecule has 0 bridgehead atoms. The monoisotopic (exact) mass is 144 g/mol. The summed E-state index contributed by atoms with van der Waals surface area (Å²) in [6.07, 6.45) is -0.866. The Morgan fingerprint density at radius 3 is 1.50 bits per heavy atom. The molecule has 0 saturated heterocycles. The Balaban J connectivity index is 4.27. The lowest BCUT2D eigenvalue weighted by Crippen LogP contribution is -2.30. The topological polar surface area (TPSA) is 54.4 Å². The average Bonchev–Trinajstić information content (AvgIpc) is 1.59. The van der Waals surface area contributed by atoms with Crippen molar-refractivity contribution in [2.45, 2.75) is 26.9 Å². The van der Waals surface area contributed by atoms with Gasteiger partial charge in [-0.05, 0) is 20.8 Å². The van der Waals surface area contributed by atoms with Crippen molar-refractivity contribution in [1.82, 2.24) is 0 Å². The van der Waals surface area contributed by atoms with Crippen molar-refractivity contribution in [2.24, 2.45) is 5.92 Å². The molecular weight excluding hydrogens is 132 g/mol. The van der Waals surface area contributed by atoms with Crippen LogP contribution in [-0.4, -0.2) is 22.8 Å². The van der Waals surface area contributed by atoms with Crippen molar-refractivity contribution in [3.63, 3.8) is 0 Å². The van der Waals surface area contributed by atoms with Gasteiger partial charge in [-0.3, -0.25) is 9.59 Å². The van der Waals surface area contributed by atoms with E-state index in [-0.39, 0.29) is 11.6 Å². The predicted molar refractivity (Wildman–Crippen MR) is 36.5 cm³/mol. The van der Waals surface area contributed by atoms with Crippen molar-refractivity contribution in [3.8, 4) is 0 Å². The van der Waals surface area contributed by atoms with Crippen LogP contribution < -0.4 is 0 Å². The number of carbonyl (C=O) groups is 2. The fourth-order valence-corrected chi connectivity index (χ4v) is 0.966. The highest BCUT2D eigenvalue weighted by Gasteiger charge is 2.24. The zero-order chi connectivity index (χ0) is 8.31. The fourth-order valence-electron chi connectivity index (χ4n) is 0.966. The third-order valence-electron chi connectivity index (χ3n) is 1.36. The van der Waals surface area contributed by atoms with Crippen molar-refractivity contribution >= 4 is 11.6 Å². The molecule has 0 rings (SSSR count). The Labute approximate surface area is 60.0 Å². The minimum atomic E-state index is -0.866. The maximum absolute atomic E-state index is 10.6. The van der Waals surface area contributed by atoms with Gasteiger partial charge < -0.3 is 5.11 Å². The van der Waals surface area contributed by atoms with E-state index in [2.05, 4.69) is 0 Å². The molecule has 3 heteroatoms. The lowest BCUT2D eigenvalue weighted by atomic mass is 9.96. The molecule has 0 heterocycles. The molecule has 0 aromatic carbocycles. The first kappa shape index (κ1) is 9.30. The summed E-state index contributed by atoms with van der Waals surface area (Å²) in [5.41, 5.74) is 0. The van der Waals surface area contributed by atoms with E-state index in [9.17, 15) is 9.59 Å². The van der Waals surface area contributed by atoms with Gasteiger partial charge in [0.1, 0.15) is 17.5 Å². The summed E-state index contributed by atoms with van der Waals surface area (Å²) in [5.74, 6) is -1.38. The van der Waals surface area contributed by atoms with Gasteiger partial charge in [0.25, 0.3) is 0 Å². The zero-order valence-corrected chi connectivity index (χ0v) is 6.42. The molecule has 3 nitrogen and oxygen atoms in total. The van der Waals surface area contributed by atoms with Crippen LogP contribution in [0.3, 0.4) is 0 Å². The average molecular weight is 144 g/mol. The van der Waals surface area contributed by atoms with E-state index < -0.39 is 12.0 Å². The normalized spacial score (nSPS) is 13.3. The molecule has 0 fully saturated rings. The molecule has 58 valence electrons. The number of carbonyl (C=O) groups excluding carboxylic acids is 2. The first-order chi connectivity index (χ1) is 4.46. The first-order valence-electron chi connectivity index (χ1n) is 3.15. The molecule has 1 unspecified atom stereocenters. The van der Waals surface area contributed by atoms with Crippen molar-refractivity contribution in [1.29, 1.82) is 0 Å². The molecule has 0 amide bonds. The van der Waals surface area contributed by atoms with Gasteiger partial charge in [-0.15, -0.1) is 0 Å². The van der Waals surface area contributed by atoms with Crippen LogP contribution in [-0.2, 0) is 9.59 Å². The van der Waals surface area contributed by atoms with E-state index in [1.54, 1.807) is 0 Å². The molecule has 0 aliphatic carbocycles. The van der Waals surface area contributed by atoms with E-state index in [4.69, 9.17) is 5.11 Å². The van der Waals surface area contributed by atoms with Crippen LogP contribution in [0.1, 0.15) is 20.8 Å². The van der Waals surface area contributed by atoms with Crippen LogP contribution in [0, 0.1) is 5.92 Å². The van der Waals surface area contributed by atoms with Crippen LogP contribution in [0.15, 0.2) is 0 Å². The first-order valence-corrected chi connectivity index (χ1v) is 3.15. The summed E-state index contributed by atoms with van der Waals surface area (Å²) < 4.78 is 0. The van der Waals surface area contributed by atoms with Gasteiger partial charge in [-0.2, -0.15) is 0 Å². The fraction of sp³-hybridized carbons (Fsp3) is 0.714. The minimum absolute atomic E-state index is 0.275. The Morgan fingerprint density at radius 2 is 1.50 bits per heavy atom. The molecule has 0 aromatic heterocycles. The molecule has 0 aliphatic heterocycles. The Hall–Kier alpha value is -0.700. The van der Waals surface area contributed by atoms with Crippen LogP contribution in [0.2, 0.25) is 0 Å². The van der Waals surface area contributed by atoms with E-state index >= 15 is 0 Å². The third-order valence-corrected chi connectivity index (χ3v) is 1.36. The predicted octanol–water partition coefficient (Wildman–Crippen LogP) is 0.161. The second-order valence-electron chi connectivity index (χ2n) is 2.44. The summed E-state index contributed by atoms with van der Waals surface area (Å²) in [6, 6.07) is 0. The highest BCUT2D eigenvalue weighted by Crippen LogP contribution is 2.05. The number of Topliss-reactive ketones (excluding diaryl/α,β-unsaturated/α-hetero) is 2. The standard InChI is InChI=1S/C7H12O3/c1-4(8)7(5(2)9)6(3)10/h4,7-8H,1-3H3. The summed E-state index contributed by atoms with van der Waals surface area (Å²) in [5, 5.41) is 8.91. The Morgan fingerprint density at radius 1 is 1.20 bits per heavy atom. The number of rotatable bonds is 3. The Bertz CT molecular complexity index is 135. The van der Waals surface area contributed by atoms with Crippen LogP contribution in [0.4, 0.5) is 0 Å². The number of hydrogen-bond acceptors (Lipinski definition) is 3. The highest BCUT2D eigenvalue weighted by molar-refractivity contribution is 6.00. The molecule has 0 spiro atoms. The van der Waals surface area contributed by atoms with Gasteiger partial charge in [0.2, 0.25) is 0 Å². The molecule has 0 aromatic rings. The lowest BCUT2D eigenvalue weighted by molar-refractivity contribution is -0.134. The summed E-state index contributed by atoms with van der Waals surface area (Å²) in [4.78, 5) is 21.3. The van der Waals surface area contributed by atoms with Gasteiger partial charge in [-0.25, -0.2) is 0 Å². The lowest BCUT2D eigenvalue weighted by Gasteiger charge is -2.11. The van der Waals surface area contributed by atoms with Gasteiger partial charge in [0, 0.05) is 0 Å². The Kier molecular flexibility index (Phi) is 3.22. The van der Waals surface area contributed by atoms with Crippen molar-refractivity contribution in [3.05, 3.63) is 0 Å². The molecule has 0 saturated carbocycles. The van der Waals surface area contributed by atoms with E-state index in [0.717, 1.165) is 0 Å². The number of aliphatic hydroxyl groups excluding tert-OH is 1. The smallest absolute Gasteiger partial charge is 0.142 e. The van der Waals surface area contributed by atoms with E-state index in [1.165, 1.54) is 20.8 Å². The minimum Gasteiger partial charge on any atom is -0.392 e. The van der Waals surface area contributed by atoms with E-state index in [1.807, 2.05) is 0 Å². The second kappa shape index (κ2) is 3.46. The van der Waals surface area contributed by atoms with Crippen LogP contribution >= 0.6 is 0 Å². The van der Waals surface area contributed by atoms with Gasteiger partial charge >= 0.3 is 0 Å². The SMILES string of the molecule is CC(=O)C(C(C)=O)C(C)O. The summed E-state index contributed by atoms with van der Waals surface area (Å²) in [6.45, 7) is 4.05. The molecule has 0 aliphatic rings. The quantitative estimate of drug-likeness (QED) is 0.574. The largest absolute Gasteiger partial charge is 0.392 e. The molecular formula is C7H12O3. The van der Waals surface area contributed by atoms with Gasteiger partial charge in [0.05, 0.1) is 6.10 Å². The number of aliphatic hydroxyl groups is 1. The molecule has 10 heavy (non-hydrogen) atoms. The zero-order valence-electron chi connectivity index (χ0n) is 6.42. The molecule has 1 atom stereocenters. The van der Waals surface area contributed by atoms with Crippen LogP contribution in [0.25, 0.3) is 0 Å². The maximum Gasteiger partial charge on any atom is 0.142 e. The number of hydrogen-bond donors (Lipinski definition) is 1. The maximum atomic E-state index is 10.6. The summed E-state index contributed by atoms with van der Waals surface area (Å²) in [7, 11) is 0. The number of ketones is 2. The van der Waals surface area contributed by atoms with Gasteiger partial charge in [-0.1, -0.05) is 0 Å². The summed E-state index contributed by atoms with van der Waals surface area (Å²) >= 11 is 0. The molecule has 1 N–H and O–H groups in total. The highest BCUT2D eigenvalue weighted by atomic mass is 16.3. The third kappa shape index (κ3) is 2.27. The van der Waals surface area contributed by atoms with Crippen LogP contribution in [0.5, 0.6) is 0 Å². The van der Waals surface area contributed by atoms with Gasteiger partial charge in [0.15, 0.2) is 0 Å².